The second-order valence-corrected chi connectivity index (χ2v) is 12.5. The van der Waals surface area contributed by atoms with E-state index in [1.807, 2.05) is 0 Å². The van der Waals surface area contributed by atoms with Crippen molar-refractivity contribution in [2.45, 2.75) is 15.1 Å². The largest absolute Gasteiger partial charge is 0.507 e. The smallest absolute Gasteiger partial charge is 0.301 e. The van der Waals surface area contributed by atoms with Crippen LogP contribution in [0.15, 0.2) is 86.9 Å². The number of carbonyl (C=O) groups is 2. The van der Waals surface area contributed by atoms with Gasteiger partial charge >= 0.3 is 5.91 Å². The molecule has 0 saturated carbocycles. The predicted octanol–water partition coefficient (Wildman–Crippen LogP) is 5.23. The summed E-state index contributed by atoms with van der Waals surface area (Å²) in [5.41, 5.74) is -0.169. The van der Waals surface area contributed by atoms with Crippen LogP contribution in [0, 0.1) is 10.1 Å². The monoisotopic (exact) mass is 587 g/mol. The predicted molar refractivity (Wildman–Crippen MR) is 141 cm³/mol. The molecule has 1 N–H and O–H groups in total. The third-order valence-corrected chi connectivity index (χ3v) is 10.1. The Morgan fingerprint density at radius 2 is 1.76 bits per heavy atom. The van der Waals surface area contributed by atoms with Gasteiger partial charge in [-0.25, -0.2) is 13.4 Å². The Balaban J connectivity index is 1.59. The van der Waals surface area contributed by atoms with Crippen molar-refractivity contribution in [3.8, 4) is 0 Å². The number of nitrogens with zero attached hydrogens (tertiary/aromatic N) is 3. The number of aliphatic hydroxyl groups excluding tert-OH is 1. The number of sulfone groups is 1. The Morgan fingerprint density at radius 3 is 2.37 bits per heavy atom. The lowest BCUT2D eigenvalue weighted by atomic mass is 10.00. The number of aromatic nitrogens is 1. The number of non-ortho nitro benzene ring substituents is 1. The van der Waals surface area contributed by atoms with Gasteiger partial charge in [0.1, 0.15) is 16.0 Å². The molecule has 1 aliphatic rings. The fourth-order valence-electron chi connectivity index (χ4n) is 3.86. The Kier molecular flexibility index (Phi) is 6.61. The zero-order chi connectivity index (χ0) is 27.2. The molecule has 1 aliphatic heterocycles. The van der Waals surface area contributed by atoms with Crippen LogP contribution in [0.5, 0.6) is 0 Å². The molecule has 192 valence electrons. The number of nitro benzene ring substituents is 1. The number of Topliss-reactive ketones (excluding diaryl/α,β-unsaturated/α-hetero) is 1. The summed E-state index contributed by atoms with van der Waals surface area (Å²) in [5, 5.41) is 24.1. The number of nitro groups is 1. The molecule has 2 aromatic carbocycles. The van der Waals surface area contributed by atoms with E-state index < -0.39 is 38.3 Å². The number of benzene rings is 2. The molecule has 0 spiro atoms. The second-order valence-electron chi connectivity index (χ2n) is 7.91. The third-order valence-electron chi connectivity index (χ3n) is 5.68. The van der Waals surface area contributed by atoms with E-state index in [1.165, 1.54) is 35.6 Å². The van der Waals surface area contributed by atoms with Gasteiger partial charge in [-0.1, -0.05) is 29.0 Å². The van der Waals surface area contributed by atoms with Crippen molar-refractivity contribution in [1.82, 2.24) is 4.98 Å². The van der Waals surface area contributed by atoms with Gasteiger partial charge in [0.05, 0.1) is 21.6 Å². The van der Waals surface area contributed by atoms with E-state index in [0.29, 0.717) is 21.2 Å². The normalized spacial score (nSPS) is 17.2. The van der Waals surface area contributed by atoms with Crippen LogP contribution in [0.3, 0.4) is 0 Å². The quantitative estimate of drug-likeness (QED) is 0.106. The summed E-state index contributed by atoms with van der Waals surface area (Å²) in [6.07, 6.45) is 1.06. The van der Waals surface area contributed by atoms with Crippen LogP contribution >= 0.6 is 34.3 Å². The van der Waals surface area contributed by atoms with Gasteiger partial charge in [-0.2, -0.15) is 0 Å². The summed E-state index contributed by atoms with van der Waals surface area (Å²) in [6.45, 7) is 0. The highest BCUT2D eigenvalue weighted by atomic mass is 35.5. The molecule has 4 aromatic rings. The lowest BCUT2D eigenvalue weighted by Gasteiger charge is -2.21. The van der Waals surface area contributed by atoms with Crippen molar-refractivity contribution in [2.75, 3.05) is 4.90 Å². The number of halogens is 1. The number of thiophene rings is 1. The first kappa shape index (κ1) is 25.7. The van der Waals surface area contributed by atoms with E-state index in [2.05, 4.69) is 4.98 Å². The molecular formula is C24H14ClN3O7S3. The van der Waals surface area contributed by atoms with Gasteiger partial charge in [-0.15, -0.1) is 11.3 Å². The standard InChI is InChI=1S/C24H14ClN3O7S3/c25-14-5-3-13(4-6-14)21(29)19-20(17-2-1-11-36-17)27(23(31)22(19)30)24-26-12-18(37-24)38(34,35)16-9-7-15(8-10-16)28(32)33/h1-12,20,29H/t20-/m1/s1. The molecule has 38 heavy (non-hydrogen) atoms. The number of rotatable bonds is 6. The minimum absolute atomic E-state index is 0.0684. The fourth-order valence-corrected chi connectivity index (χ4v) is 7.35. The number of ketones is 1. The van der Waals surface area contributed by atoms with E-state index in [9.17, 15) is 33.2 Å². The van der Waals surface area contributed by atoms with E-state index in [1.54, 1.807) is 17.5 Å². The van der Waals surface area contributed by atoms with Crippen molar-refractivity contribution >= 4 is 72.4 Å². The van der Waals surface area contributed by atoms with Crippen molar-refractivity contribution in [3.05, 3.63) is 103 Å². The molecule has 1 amide bonds. The highest BCUT2D eigenvalue weighted by Gasteiger charge is 2.48. The zero-order valence-corrected chi connectivity index (χ0v) is 22.1. The average Bonchev–Trinajstić information content (AvgIpc) is 3.65. The van der Waals surface area contributed by atoms with Crippen LogP contribution in [-0.2, 0) is 19.4 Å². The molecule has 0 aliphatic carbocycles. The maximum Gasteiger partial charge on any atom is 0.301 e. The van der Waals surface area contributed by atoms with E-state index in [-0.39, 0.29) is 31.1 Å². The van der Waals surface area contributed by atoms with Gasteiger partial charge in [0.15, 0.2) is 5.13 Å². The van der Waals surface area contributed by atoms with E-state index >= 15 is 0 Å². The summed E-state index contributed by atoms with van der Waals surface area (Å²) < 4.78 is 26.1. The SMILES string of the molecule is O=C1C(=O)N(c2ncc(S(=O)(=O)c3ccc([N+](=O)[O-])cc3)s2)[C@H](c2cccs2)C1=C(O)c1ccc(Cl)cc1. The van der Waals surface area contributed by atoms with Crippen molar-refractivity contribution in [1.29, 1.82) is 0 Å². The number of thiazole rings is 1. The average molecular weight is 588 g/mol. The number of carbonyl (C=O) groups excluding carboxylic acids is 2. The summed E-state index contributed by atoms with van der Waals surface area (Å²) in [4.78, 5) is 42.2. The van der Waals surface area contributed by atoms with Crippen molar-refractivity contribution < 1.29 is 28.0 Å². The highest BCUT2D eigenvalue weighted by Crippen LogP contribution is 2.45. The zero-order valence-electron chi connectivity index (χ0n) is 18.8. The Morgan fingerprint density at radius 1 is 1.08 bits per heavy atom. The second kappa shape index (κ2) is 9.76. The van der Waals surface area contributed by atoms with Crippen LogP contribution in [0.4, 0.5) is 10.8 Å². The van der Waals surface area contributed by atoms with Crippen LogP contribution < -0.4 is 4.90 Å². The van der Waals surface area contributed by atoms with Gasteiger partial charge in [0.2, 0.25) is 9.84 Å². The summed E-state index contributed by atoms with van der Waals surface area (Å²) in [6, 6.07) is 12.8. The topological polar surface area (TPSA) is 148 Å². The maximum atomic E-state index is 13.2. The summed E-state index contributed by atoms with van der Waals surface area (Å²) in [5.74, 6) is -2.34. The molecule has 14 heteroatoms. The number of hydrogen-bond donors (Lipinski definition) is 1. The molecule has 1 atom stereocenters. The van der Waals surface area contributed by atoms with Crippen molar-refractivity contribution in [3.63, 3.8) is 0 Å². The molecule has 0 radical (unpaired) electrons. The van der Waals surface area contributed by atoms with Gasteiger partial charge in [0, 0.05) is 27.6 Å². The Labute approximate surface area is 228 Å². The number of anilines is 1. The molecule has 1 fully saturated rings. The highest BCUT2D eigenvalue weighted by molar-refractivity contribution is 7.93. The van der Waals surface area contributed by atoms with Crippen LogP contribution in [0.2, 0.25) is 5.02 Å². The molecule has 3 heterocycles. The summed E-state index contributed by atoms with van der Waals surface area (Å²) >= 11 is 7.84. The lowest BCUT2D eigenvalue weighted by molar-refractivity contribution is -0.384. The number of hydrogen-bond acceptors (Lipinski definition) is 10. The molecule has 10 nitrogen and oxygen atoms in total. The van der Waals surface area contributed by atoms with E-state index in [4.69, 9.17) is 11.6 Å². The fraction of sp³-hybridized carbons (Fsp3) is 0.0417. The lowest BCUT2D eigenvalue weighted by Crippen LogP contribution is -2.28. The molecule has 1 saturated heterocycles. The first-order chi connectivity index (χ1) is 18.1. The number of amides is 1. The minimum atomic E-state index is -4.13. The molecule has 0 unspecified atom stereocenters. The Hall–Kier alpha value is -3.91. The maximum absolute atomic E-state index is 13.2. The third kappa shape index (κ3) is 4.39. The molecule has 5 rings (SSSR count). The van der Waals surface area contributed by atoms with Crippen molar-refractivity contribution in [2.24, 2.45) is 0 Å². The van der Waals surface area contributed by atoms with Gasteiger partial charge in [0.25, 0.3) is 11.5 Å². The van der Waals surface area contributed by atoms with Crippen LogP contribution in [-0.4, -0.2) is 35.1 Å². The van der Waals surface area contributed by atoms with Crippen LogP contribution in [0.25, 0.3) is 5.76 Å². The summed E-state index contributed by atoms with van der Waals surface area (Å²) in [7, 11) is -4.13. The van der Waals surface area contributed by atoms with E-state index in [0.717, 1.165) is 35.4 Å². The minimum Gasteiger partial charge on any atom is -0.507 e. The molecule has 0 bridgehead atoms. The number of aliphatic hydroxyl groups is 1. The van der Waals surface area contributed by atoms with Gasteiger partial charge < -0.3 is 5.11 Å². The van der Waals surface area contributed by atoms with Crippen LogP contribution in [0.1, 0.15) is 16.5 Å². The Bertz CT molecular complexity index is 1710. The molecular weight excluding hydrogens is 574 g/mol. The van der Waals surface area contributed by atoms with Gasteiger partial charge in [-0.05, 0) is 47.8 Å². The molecule has 2 aromatic heterocycles. The first-order valence-electron chi connectivity index (χ1n) is 10.7. The van der Waals surface area contributed by atoms with Gasteiger partial charge in [-0.3, -0.25) is 24.6 Å². The first-order valence-corrected chi connectivity index (χ1v) is 14.2.